The second kappa shape index (κ2) is 7.82. The molecular formula is C17H19ClN2O2. The Morgan fingerprint density at radius 2 is 1.91 bits per heavy atom. The molecule has 0 aromatic heterocycles. The lowest BCUT2D eigenvalue weighted by Gasteiger charge is -2.11. The molecule has 0 fully saturated rings. The Labute approximate surface area is 135 Å². The van der Waals surface area contributed by atoms with Gasteiger partial charge in [-0.2, -0.15) is 0 Å². The second-order valence-corrected chi connectivity index (χ2v) is 5.40. The van der Waals surface area contributed by atoms with Crippen LogP contribution in [0.15, 0.2) is 48.5 Å². The van der Waals surface area contributed by atoms with Crippen LogP contribution in [-0.2, 0) is 0 Å². The fourth-order valence-corrected chi connectivity index (χ4v) is 2.10. The molecule has 1 amide bonds. The Hall–Kier alpha value is -2.04. The number of alkyl halides is 1. The van der Waals surface area contributed by atoms with Gasteiger partial charge in [0.25, 0.3) is 5.91 Å². The number of aliphatic hydroxyl groups is 1. The standard InChI is InChI=1S/C17H19ClN2O2/c1-12-4-2-7-15(8-12)20-17(22)13-5-3-6-14(9-13)19-11-16(21)10-18/h2-9,16,19,21H,10-11H2,1H3,(H,20,22). The number of aryl methyl sites for hydroxylation is 1. The van der Waals surface area contributed by atoms with Gasteiger partial charge in [-0.05, 0) is 42.8 Å². The van der Waals surface area contributed by atoms with Gasteiger partial charge in [-0.1, -0.05) is 18.2 Å². The molecule has 3 N–H and O–H groups in total. The van der Waals surface area contributed by atoms with E-state index in [9.17, 15) is 9.90 Å². The first-order valence-electron chi connectivity index (χ1n) is 7.04. The summed E-state index contributed by atoms with van der Waals surface area (Å²) in [6.45, 7) is 2.31. The number of hydrogen-bond donors (Lipinski definition) is 3. The Morgan fingerprint density at radius 1 is 1.18 bits per heavy atom. The molecular weight excluding hydrogens is 300 g/mol. The maximum Gasteiger partial charge on any atom is 0.255 e. The molecule has 0 heterocycles. The van der Waals surface area contributed by atoms with Crippen LogP contribution in [0.3, 0.4) is 0 Å². The lowest BCUT2D eigenvalue weighted by atomic mass is 10.1. The Morgan fingerprint density at radius 3 is 2.64 bits per heavy atom. The molecule has 0 spiro atoms. The molecule has 0 aliphatic carbocycles. The molecule has 1 unspecified atom stereocenters. The lowest BCUT2D eigenvalue weighted by Crippen LogP contribution is -2.21. The third kappa shape index (κ3) is 4.76. The maximum absolute atomic E-state index is 12.3. The van der Waals surface area contributed by atoms with Crippen molar-refractivity contribution >= 4 is 28.9 Å². The molecule has 116 valence electrons. The highest BCUT2D eigenvalue weighted by atomic mass is 35.5. The van der Waals surface area contributed by atoms with Crippen molar-refractivity contribution in [1.29, 1.82) is 0 Å². The van der Waals surface area contributed by atoms with Crippen LogP contribution in [0.5, 0.6) is 0 Å². The highest BCUT2D eigenvalue weighted by Gasteiger charge is 2.08. The minimum atomic E-state index is -0.619. The van der Waals surface area contributed by atoms with Gasteiger partial charge in [0, 0.05) is 23.5 Å². The highest BCUT2D eigenvalue weighted by Crippen LogP contribution is 2.14. The van der Waals surface area contributed by atoms with E-state index >= 15 is 0 Å². The molecule has 2 rings (SSSR count). The zero-order chi connectivity index (χ0) is 15.9. The fraction of sp³-hybridized carbons (Fsp3) is 0.235. The molecule has 0 bridgehead atoms. The van der Waals surface area contributed by atoms with Crippen molar-refractivity contribution in [2.24, 2.45) is 0 Å². The van der Waals surface area contributed by atoms with Gasteiger partial charge in [-0.15, -0.1) is 11.6 Å². The molecule has 5 heteroatoms. The van der Waals surface area contributed by atoms with Crippen molar-refractivity contribution in [1.82, 2.24) is 0 Å². The van der Waals surface area contributed by atoms with Crippen molar-refractivity contribution < 1.29 is 9.90 Å². The summed E-state index contributed by atoms with van der Waals surface area (Å²) in [6.07, 6.45) is -0.619. The Kier molecular flexibility index (Phi) is 5.81. The number of carbonyl (C=O) groups excluding carboxylic acids is 1. The summed E-state index contributed by atoms with van der Waals surface area (Å²) >= 11 is 5.55. The fourth-order valence-electron chi connectivity index (χ4n) is 1.99. The smallest absolute Gasteiger partial charge is 0.255 e. The number of carbonyl (C=O) groups is 1. The number of aliphatic hydroxyl groups excluding tert-OH is 1. The number of benzene rings is 2. The molecule has 0 radical (unpaired) electrons. The monoisotopic (exact) mass is 318 g/mol. The average Bonchev–Trinajstić information content (AvgIpc) is 2.53. The molecule has 0 aliphatic heterocycles. The number of rotatable bonds is 6. The van der Waals surface area contributed by atoms with Gasteiger partial charge in [-0.25, -0.2) is 0 Å². The minimum absolute atomic E-state index is 0.167. The van der Waals surface area contributed by atoms with Crippen molar-refractivity contribution in [2.75, 3.05) is 23.1 Å². The van der Waals surface area contributed by atoms with Gasteiger partial charge in [0.1, 0.15) is 0 Å². The summed E-state index contributed by atoms with van der Waals surface area (Å²) in [5.74, 6) is -0.00675. The van der Waals surface area contributed by atoms with Crippen LogP contribution in [0.4, 0.5) is 11.4 Å². The van der Waals surface area contributed by atoms with Crippen molar-refractivity contribution in [3.63, 3.8) is 0 Å². The van der Waals surface area contributed by atoms with E-state index in [1.807, 2.05) is 37.3 Å². The Balaban J connectivity index is 2.03. The topological polar surface area (TPSA) is 61.4 Å². The predicted octanol–water partition coefficient (Wildman–Crippen LogP) is 3.26. The molecule has 0 aliphatic rings. The van der Waals surface area contributed by atoms with Crippen LogP contribution in [0.25, 0.3) is 0 Å². The largest absolute Gasteiger partial charge is 0.390 e. The summed E-state index contributed by atoms with van der Waals surface area (Å²) < 4.78 is 0. The summed E-state index contributed by atoms with van der Waals surface area (Å²) in [7, 11) is 0. The molecule has 2 aromatic carbocycles. The quantitative estimate of drug-likeness (QED) is 0.716. The normalized spacial score (nSPS) is 11.8. The first-order chi connectivity index (χ1) is 10.6. The summed E-state index contributed by atoms with van der Waals surface area (Å²) in [5, 5.41) is 15.4. The van der Waals surface area contributed by atoms with E-state index in [4.69, 9.17) is 11.6 Å². The van der Waals surface area contributed by atoms with Crippen LogP contribution in [0.2, 0.25) is 0 Å². The van der Waals surface area contributed by atoms with Gasteiger partial charge in [0.05, 0.1) is 12.0 Å². The van der Waals surface area contributed by atoms with E-state index in [-0.39, 0.29) is 11.8 Å². The first kappa shape index (κ1) is 16.3. The van der Waals surface area contributed by atoms with E-state index in [0.717, 1.165) is 16.9 Å². The molecule has 4 nitrogen and oxygen atoms in total. The van der Waals surface area contributed by atoms with Crippen molar-refractivity contribution in [3.05, 3.63) is 59.7 Å². The molecule has 0 saturated heterocycles. The van der Waals surface area contributed by atoms with Crippen LogP contribution < -0.4 is 10.6 Å². The van der Waals surface area contributed by atoms with Crippen molar-refractivity contribution in [3.8, 4) is 0 Å². The average molecular weight is 319 g/mol. The molecule has 1 atom stereocenters. The zero-order valence-corrected chi connectivity index (χ0v) is 13.1. The summed E-state index contributed by atoms with van der Waals surface area (Å²) in [4.78, 5) is 12.3. The van der Waals surface area contributed by atoms with Crippen molar-refractivity contribution in [2.45, 2.75) is 13.0 Å². The summed E-state index contributed by atoms with van der Waals surface area (Å²) in [6, 6.07) is 14.8. The molecule has 22 heavy (non-hydrogen) atoms. The van der Waals surface area contributed by atoms with E-state index in [2.05, 4.69) is 10.6 Å². The van der Waals surface area contributed by atoms with Crippen LogP contribution in [0, 0.1) is 6.92 Å². The van der Waals surface area contributed by atoms with Gasteiger partial charge in [-0.3, -0.25) is 4.79 Å². The second-order valence-electron chi connectivity index (χ2n) is 5.09. The predicted molar refractivity (Wildman–Crippen MR) is 90.8 cm³/mol. The van der Waals surface area contributed by atoms with Gasteiger partial charge in [0.15, 0.2) is 0 Å². The highest BCUT2D eigenvalue weighted by molar-refractivity contribution is 6.18. The SMILES string of the molecule is Cc1cccc(NC(=O)c2cccc(NCC(O)CCl)c2)c1. The van der Waals surface area contributed by atoms with Gasteiger partial charge < -0.3 is 15.7 Å². The third-order valence-electron chi connectivity index (χ3n) is 3.12. The van der Waals surface area contributed by atoms with E-state index in [1.165, 1.54) is 0 Å². The van der Waals surface area contributed by atoms with E-state index in [0.29, 0.717) is 12.1 Å². The van der Waals surface area contributed by atoms with E-state index in [1.54, 1.807) is 18.2 Å². The summed E-state index contributed by atoms with van der Waals surface area (Å²) in [5.41, 5.74) is 3.16. The number of anilines is 2. The Bertz CT molecular complexity index is 646. The van der Waals surface area contributed by atoms with Crippen LogP contribution in [-0.4, -0.2) is 29.5 Å². The third-order valence-corrected chi connectivity index (χ3v) is 3.48. The zero-order valence-electron chi connectivity index (χ0n) is 12.3. The number of nitrogens with one attached hydrogen (secondary N) is 2. The lowest BCUT2D eigenvalue weighted by molar-refractivity contribution is 0.102. The first-order valence-corrected chi connectivity index (χ1v) is 7.58. The molecule has 0 saturated carbocycles. The minimum Gasteiger partial charge on any atom is -0.390 e. The van der Waals surface area contributed by atoms with E-state index < -0.39 is 6.10 Å². The number of halogens is 1. The maximum atomic E-state index is 12.3. The number of amides is 1. The molecule has 2 aromatic rings. The van der Waals surface area contributed by atoms with Gasteiger partial charge >= 0.3 is 0 Å². The number of hydrogen-bond acceptors (Lipinski definition) is 3. The van der Waals surface area contributed by atoms with Crippen LogP contribution >= 0.6 is 11.6 Å². The van der Waals surface area contributed by atoms with Crippen LogP contribution in [0.1, 0.15) is 15.9 Å². The van der Waals surface area contributed by atoms with Gasteiger partial charge in [0.2, 0.25) is 0 Å².